The first-order valence-corrected chi connectivity index (χ1v) is 12.4. The number of benzene rings is 1. The van der Waals surface area contributed by atoms with Gasteiger partial charge in [0.2, 0.25) is 5.95 Å². The third-order valence-corrected chi connectivity index (χ3v) is 7.22. The summed E-state index contributed by atoms with van der Waals surface area (Å²) < 4.78 is 2.00. The summed E-state index contributed by atoms with van der Waals surface area (Å²) in [6.07, 6.45) is 8.07. The molecule has 3 aromatic rings. The molecule has 1 aliphatic heterocycles. The molecule has 0 bridgehead atoms. The summed E-state index contributed by atoms with van der Waals surface area (Å²) in [7, 11) is 1.97. The average molecular weight is 499 g/mol. The molecule has 2 aromatic heterocycles. The molecule has 0 spiro atoms. The van der Waals surface area contributed by atoms with Crippen LogP contribution in [-0.4, -0.2) is 50.8 Å². The minimum atomic E-state index is -0.178. The highest BCUT2D eigenvalue weighted by atomic mass is 35.5. The molecule has 5 rings (SSSR count). The monoisotopic (exact) mass is 498 g/mol. The molecule has 3 heterocycles. The third-order valence-electron chi connectivity index (χ3n) is 6.41. The van der Waals surface area contributed by atoms with Crippen molar-refractivity contribution in [1.29, 1.82) is 0 Å². The van der Waals surface area contributed by atoms with E-state index < -0.39 is 0 Å². The SMILES string of the molecule is Cn1ccc2nc(Nc3ccc(N4CCC(O)CC4)cc3)nc(NCC3=C(Cl)C=CCC3Cl)c21. The zero-order valence-electron chi connectivity index (χ0n) is 19.0. The lowest BCUT2D eigenvalue weighted by Crippen LogP contribution is -2.35. The van der Waals surface area contributed by atoms with E-state index in [0.717, 1.165) is 66.2 Å². The van der Waals surface area contributed by atoms with Gasteiger partial charge in [-0.2, -0.15) is 4.98 Å². The number of hydrogen-bond donors (Lipinski definition) is 3. The fourth-order valence-corrected chi connectivity index (χ4v) is 5.09. The van der Waals surface area contributed by atoms with E-state index in [0.29, 0.717) is 17.5 Å². The summed E-state index contributed by atoms with van der Waals surface area (Å²) in [6, 6.07) is 10.2. The number of alkyl halides is 1. The van der Waals surface area contributed by atoms with Crippen LogP contribution in [0.2, 0.25) is 0 Å². The first-order chi connectivity index (χ1) is 16.5. The Morgan fingerprint density at radius 2 is 1.88 bits per heavy atom. The Morgan fingerprint density at radius 1 is 1.12 bits per heavy atom. The Bertz CT molecular complexity index is 1230. The van der Waals surface area contributed by atoms with Crippen LogP contribution in [0.25, 0.3) is 11.0 Å². The van der Waals surface area contributed by atoms with Gasteiger partial charge < -0.3 is 25.2 Å². The van der Waals surface area contributed by atoms with Gasteiger partial charge in [-0.05, 0) is 61.2 Å². The number of hydrogen-bond acceptors (Lipinski definition) is 6. The normalized spacial score (nSPS) is 19.2. The Balaban J connectivity index is 1.35. The summed E-state index contributed by atoms with van der Waals surface area (Å²) in [5.74, 6) is 1.24. The van der Waals surface area contributed by atoms with Crippen molar-refractivity contribution in [3.8, 4) is 0 Å². The highest BCUT2D eigenvalue weighted by Gasteiger charge is 2.19. The van der Waals surface area contributed by atoms with Crippen LogP contribution in [0, 0.1) is 0 Å². The molecule has 34 heavy (non-hydrogen) atoms. The molecular weight excluding hydrogens is 471 g/mol. The zero-order valence-corrected chi connectivity index (χ0v) is 20.5. The fourth-order valence-electron chi connectivity index (χ4n) is 4.45. The Kier molecular flexibility index (Phi) is 6.68. The number of allylic oxidation sites excluding steroid dienone is 3. The lowest BCUT2D eigenvalue weighted by molar-refractivity contribution is 0.145. The number of piperidine rings is 1. The molecule has 1 unspecified atom stereocenters. The molecule has 7 nitrogen and oxygen atoms in total. The summed E-state index contributed by atoms with van der Waals surface area (Å²) >= 11 is 12.9. The van der Waals surface area contributed by atoms with Crippen molar-refractivity contribution in [2.24, 2.45) is 7.05 Å². The lowest BCUT2D eigenvalue weighted by Gasteiger charge is -2.31. The van der Waals surface area contributed by atoms with Crippen molar-refractivity contribution in [3.05, 3.63) is 59.3 Å². The summed E-state index contributed by atoms with van der Waals surface area (Å²) in [5, 5.41) is 17.1. The van der Waals surface area contributed by atoms with Crippen LogP contribution < -0.4 is 15.5 Å². The van der Waals surface area contributed by atoms with Gasteiger partial charge in [0, 0.05) is 49.3 Å². The Morgan fingerprint density at radius 3 is 2.62 bits per heavy atom. The maximum Gasteiger partial charge on any atom is 0.229 e. The van der Waals surface area contributed by atoms with E-state index in [9.17, 15) is 5.11 Å². The van der Waals surface area contributed by atoms with Gasteiger partial charge in [0.15, 0.2) is 5.82 Å². The molecule has 0 amide bonds. The Labute approximate surface area is 209 Å². The van der Waals surface area contributed by atoms with Crippen LogP contribution in [0.1, 0.15) is 19.3 Å². The van der Waals surface area contributed by atoms with Crippen LogP contribution in [0.15, 0.2) is 59.3 Å². The van der Waals surface area contributed by atoms with E-state index in [1.165, 1.54) is 0 Å². The van der Waals surface area contributed by atoms with E-state index in [2.05, 4.69) is 27.7 Å². The van der Waals surface area contributed by atoms with E-state index in [1.807, 2.05) is 48.2 Å². The molecule has 0 radical (unpaired) electrons. The maximum absolute atomic E-state index is 9.74. The van der Waals surface area contributed by atoms with Gasteiger partial charge in [-0.25, -0.2) is 4.98 Å². The van der Waals surface area contributed by atoms with Gasteiger partial charge in [0.05, 0.1) is 17.0 Å². The molecule has 9 heteroatoms. The fraction of sp³-hybridized carbons (Fsp3) is 0.360. The van der Waals surface area contributed by atoms with Crippen molar-refractivity contribution in [3.63, 3.8) is 0 Å². The number of aryl methyl sites for hydroxylation is 1. The number of aromatic nitrogens is 3. The van der Waals surface area contributed by atoms with Crippen LogP contribution in [-0.2, 0) is 7.05 Å². The predicted molar refractivity (Wildman–Crippen MR) is 140 cm³/mol. The maximum atomic E-state index is 9.74. The molecule has 1 fully saturated rings. The van der Waals surface area contributed by atoms with Gasteiger partial charge in [-0.15, -0.1) is 11.6 Å². The molecular formula is C25H28Cl2N6O. The van der Waals surface area contributed by atoms with Crippen molar-refractivity contribution >= 4 is 57.4 Å². The average Bonchev–Trinajstić information content (AvgIpc) is 3.20. The third kappa shape index (κ3) is 4.87. The molecule has 0 saturated carbocycles. The van der Waals surface area contributed by atoms with Gasteiger partial charge in [0.25, 0.3) is 0 Å². The molecule has 1 saturated heterocycles. The molecule has 1 atom stereocenters. The van der Waals surface area contributed by atoms with E-state index >= 15 is 0 Å². The number of aliphatic hydroxyl groups excluding tert-OH is 1. The van der Waals surface area contributed by atoms with Crippen molar-refractivity contribution in [2.75, 3.05) is 35.2 Å². The topological polar surface area (TPSA) is 78.2 Å². The van der Waals surface area contributed by atoms with Crippen molar-refractivity contribution < 1.29 is 5.11 Å². The predicted octanol–water partition coefficient (Wildman–Crippen LogP) is 5.15. The van der Waals surface area contributed by atoms with Gasteiger partial charge in [-0.1, -0.05) is 17.7 Å². The van der Waals surface area contributed by atoms with Crippen LogP contribution in [0.4, 0.5) is 23.1 Å². The summed E-state index contributed by atoms with van der Waals surface area (Å²) in [6.45, 7) is 2.25. The van der Waals surface area contributed by atoms with Crippen molar-refractivity contribution in [1.82, 2.24) is 14.5 Å². The smallest absolute Gasteiger partial charge is 0.229 e. The second-order valence-electron chi connectivity index (χ2n) is 8.78. The highest BCUT2D eigenvalue weighted by Crippen LogP contribution is 2.29. The number of aliphatic hydroxyl groups is 1. The largest absolute Gasteiger partial charge is 0.393 e. The molecule has 1 aliphatic carbocycles. The standard InChI is InChI=1S/C25H28Cl2N6O/c1-32-12-11-22-23(32)24(28-15-19-20(26)3-2-4-21(19)27)31-25(30-22)29-16-5-7-17(8-6-16)33-13-9-18(34)10-14-33/h2-3,5-8,11-12,18,21,34H,4,9-10,13-15H2,1H3,(H2,28,29,30,31). The summed E-state index contributed by atoms with van der Waals surface area (Å²) in [5.41, 5.74) is 4.79. The molecule has 3 N–H and O–H groups in total. The number of fused-ring (bicyclic) bond motifs is 1. The van der Waals surface area contributed by atoms with Gasteiger partial charge >= 0.3 is 0 Å². The summed E-state index contributed by atoms with van der Waals surface area (Å²) in [4.78, 5) is 11.8. The minimum absolute atomic E-state index is 0.130. The highest BCUT2D eigenvalue weighted by molar-refractivity contribution is 6.33. The second kappa shape index (κ2) is 9.86. The van der Waals surface area contributed by atoms with Crippen LogP contribution >= 0.6 is 23.2 Å². The zero-order chi connectivity index (χ0) is 23.7. The number of nitrogens with zero attached hydrogens (tertiary/aromatic N) is 4. The number of anilines is 4. The van der Waals surface area contributed by atoms with Gasteiger partial charge in [0.1, 0.15) is 5.52 Å². The number of halogens is 2. The Hall–Kier alpha value is -2.74. The van der Waals surface area contributed by atoms with E-state index in [1.54, 1.807) is 0 Å². The lowest BCUT2D eigenvalue weighted by atomic mass is 10.0. The minimum Gasteiger partial charge on any atom is -0.393 e. The number of nitrogens with one attached hydrogen (secondary N) is 2. The van der Waals surface area contributed by atoms with E-state index in [4.69, 9.17) is 33.2 Å². The van der Waals surface area contributed by atoms with Gasteiger partial charge in [-0.3, -0.25) is 0 Å². The first-order valence-electron chi connectivity index (χ1n) is 11.5. The van der Waals surface area contributed by atoms with Crippen LogP contribution in [0.3, 0.4) is 0 Å². The second-order valence-corrected chi connectivity index (χ2v) is 9.71. The molecule has 2 aliphatic rings. The number of rotatable bonds is 6. The molecule has 1 aromatic carbocycles. The molecule has 178 valence electrons. The first kappa shape index (κ1) is 23.0. The van der Waals surface area contributed by atoms with Crippen molar-refractivity contribution in [2.45, 2.75) is 30.7 Å². The van der Waals surface area contributed by atoms with E-state index in [-0.39, 0.29) is 11.5 Å². The quantitative estimate of drug-likeness (QED) is 0.408. The van der Waals surface area contributed by atoms with Crippen LogP contribution in [0.5, 0.6) is 0 Å².